The van der Waals surface area contributed by atoms with Crippen LogP contribution in [0.15, 0.2) is 22.0 Å². The van der Waals surface area contributed by atoms with Crippen molar-refractivity contribution in [2.45, 2.75) is 19.3 Å². The van der Waals surface area contributed by atoms with E-state index in [1.54, 1.807) is 17.4 Å². The molecule has 0 saturated carbocycles. The standard InChI is InChI=1S/C12H14BrNOS/c13-11-6-4-10(16-11)5-7-12(15)14-8-2-1-3-9-14/h4-7H,1-3,8-9H2/b7-5-. The fourth-order valence-electron chi connectivity index (χ4n) is 1.79. The summed E-state index contributed by atoms with van der Waals surface area (Å²) in [6.45, 7) is 1.83. The minimum Gasteiger partial charge on any atom is -0.339 e. The maximum atomic E-state index is 11.8. The number of carbonyl (C=O) groups excluding carboxylic acids is 1. The SMILES string of the molecule is O=C(/C=C\c1ccc(Br)s1)N1CCCCC1. The molecule has 0 bridgehead atoms. The van der Waals surface area contributed by atoms with E-state index < -0.39 is 0 Å². The molecular weight excluding hydrogens is 286 g/mol. The number of halogens is 1. The number of carbonyl (C=O) groups is 1. The van der Waals surface area contributed by atoms with E-state index in [-0.39, 0.29) is 5.91 Å². The van der Waals surface area contributed by atoms with Crippen LogP contribution < -0.4 is 0 Å². The van der Waals surface area contributed by atoms with Gasteiger partial charge in [0.25, 0.3) is 0 Å². The van der Waals surface area contributed by atoms with Crippen LogP contribution in [-0.2, 0) is 4.79 Å². The summed E-state index contributed by atoms with van der Waals surface area (Å²) in [5, 5.41) is 0. The van der Waals surface area contributed by atoms with Gasteiger partial charge >= 0.3 is 0 Å². The molecule has 4 heteroatoms. The van der Waals surface area contributed by atoms with Crippen molar-refractivity contribution in [2.75, 3.05) is 13.1 Å². The lowest BCUT2D eigenvalue weighted by molar-refractivity contribution is -0.126. The van der Waals surface area contributed by atoms with Gasteiger partial charge in [-0.15, -0.1) is 11.3 Å². The van der Waals surface area contributed by atoms with E-state index in [2.05, 4.69) is 15.9 Å². The molecule has 0 radical (unpaired) electrons. The lowest BCUT2D eigenvalue weighted by atomic mass is 10.1. The lowest BCUT2D eigenvalue weighted by Gasteiger charge is -2.25. The Labute approximate surface area is 108 Å². The van der Waals surface area contributed by atoms with Gasteiger partial charge in [-0.05, 0) is 53.4 Å². The zero-order valence-electron chi connectivity index (χ0n) is 8.99. The fourth-order valence-corrected chi connectivity index (χ4v) is 3.12. The smallest absolute Gasteiger partial charge is 0.246 e. The maximum absolute atomic E-state index is 11.8. The second-order valence-electron chi connectivity index (χ2n) is 3.86. The summed E-state index contributed by atoms with van der Waals surface area (Å²) in [5.74, 6) is 0.143. The molecule has 1 saturated heterocycles. The van der Waals surface area contributed by atoms with Gasteiger partial charge in [-0.25, -0.2) is 0 Å². The van der Waals surface area contributed by atoms with Crippen molar-refractivity contribution >= 4 is 39.2 Å². The molecule has 1 fully saturated rings. The quantitative estimate of drug-likeness (QED) is 0.765. The van der Waals surface area contributed by atoms with E-state index >= 15 is 0 Å². The molecule has 16 heavy (non-hydrogen) atoms. The van der Waals surface area contributed by atoms with Crippen LogP contribution in [-0.4, -0.2) is 23.9 Å². The van der Waals surface area contributed by atoms with Crippen molar-refractivity contribution in [3.8, 4) is 0 Å². The molecule has 2 nitrogen and oxygen atoms in total. The number of hydrogen-bond acceptors (Lipinski definition) is 2. The second kappa shape index (κ2) is 5.64. The van der Waals surface area contributed by atoms with Crippen molar-refractivity contribution in [1.29, 1.82) is 0 Å². The number of nitrogens with zero attached hydrogens (tertiary/aromatic N) is 1. The third-order valence-corrected chi connectivity index (χ3v) is 4.24. The molecule has 2 heterocycles. The highest BCUT2D eigenvalue weighted by atomic mass is 79.9. The summed E-state index contributed by atoms with van der Waals surface area (Å²) >= 11 is 5.04. The topological polar surface area (TPSA) is 20.3 Å². The van der Waals surface area contributed by atoms with Crippen LogP contribution in [0.4, 0.5) is 0 Å². The molecule has 0 spiro atoms. The Morgan fingerprint density at radius 3 is 2.69 bits per heavy atom. The molecule has 2 rings (SSSR count). The summed E-state index contributed by atoms with van der Waals surface area (Å²) in [5.41, 5.74) is 0. The van der Waals surface area contributed by atoms with Crippen LogP contribution in [0.2, 0.25) is 0 Å². The van der Waals surface area contributed by atoms with E-state index in [0.29, 0.717) is 0 Å². The van der Waals surface area contributed by atoms with Crippen LogP contribution in [0, 0.1) is 0 Å². The Kier molecular flexibility index (Phi) is 4.18. The molecule has 0 aromatic carbocycles. The first kappa shape index (κ1) is 11.9. The number of thiophene rings is 1. The molecule has 86 valence electrons. The Morgan fingerprint density at radius 1 is 1.31 bits per heavy atom. The lowest BCUT2D eigenvalue weighted by Crippen LogP contribution is -2.34. The minimum absolute atomic E-state index is 0.143. The van der Waals surface area contributed by atoms with Crippen molar-refractivity contribution in [2.24, 2.45) is 0 Å². The highest BCUT2D eigenvalue weighted by Crippen LogP contribution is 2.23. The van der Waals surface area contributed by atoms with Gasteiger partial charge in [0.1, 0.15) is 0 Å². The van der Waals surface area contributed by atoms with E-state index in [0.717, 1.165) is 34.6 Å². The normalized spacial score (nSPS) is 16.9. The molecule has 0 aliphatic carbocycles. The summed E-state index contributed by atoms with van der Waals surface area (Å²) in [4.78, 5) is 14.9. The maximum Gasteiger partial charge on any atom is 0.246 e. The molecule has 1 aromatic heterocycles. The Hall–Kier alpha value is -0.610. The molecule has 1 aliphatic rings. The first-order valence-corrected chi connectivity index (χ1v) is 7.09. The number of hydrogen-bond donors (Lipinski definition) is 0. The van der Waals surface area contributed by atoms with E-state index in [1.807, 2.05) is 23.1 Å². The average Bonchev–Trinajstić information content (AvgIpc) is 2.73. The van der Waals surface area contributed by atoms with E-state index in [9.17, 15) is 4.79 Å². The predicted molar refractivity (Wildman–Crippen MR) is 71.5 cm³/mol. The van der Waals surface area contributed by atoms with Gasteiger partial charge in [0.2, 0.25) is 5.91 Å². The Bertz CT molecular complexity index is 393. The number of rotatable bonds is 2. The molecule has 0 unspecified atom stereocenters. The second-order valence-corrected chi connectivity index (χ2v) is 6.36. The van der Waals surface area contributed by atoms with Gasteiger partial charge in [-0.1, -0.05) is 0 Å². The monoisotopic (exact) mass is 299 g/mol. The summed E-state index contributed by atoms with van der Waals surface area (Å²) in [6, 6.07) is 4.00. The summed E-state index contributed by atoms with van der Waals surface area (Å²) in [7, 11) is 0. The number of likely N-dealkylation sites (tertiary alicyclic amines) is 1. The minimum atomic E-state index is 0.143. The molecule has 0 atom stereocenters. The van der Waals surface area contributed by atoms with Gasteiger partial charge in [0.15, 0.2) is 0 Å². The van der Waals surface area contributed by atoms with E-state index in [4.69, 9.17) is 0 Å². The largest absolute Gasteiger partial charge is 0.339 e. The molecule has 1 amide bonds. The van der Waals surface area contributed by atoms with Crippen LogP contribution in [0.25, 0.3) is 6.08 Å². The van der Waals surface area contributed by atoms with E-state index in [1.165, 1.54) is 6.42 Å². The van der Waals surface area contributed by atoms with Crippen molar-refractivity contribution in [1.82, 2.24) is 4.90 Å². The van der Waals surface area contributed by atoms with Crippen molar-refractivity contribution < 1.29 is 4.79 Å². The van der Waals surface area contributed by atoms with Crippen molar-refractivity contribution in [3.05, 3.63) is 26.9 Å². The first-order chi connectivity index (χ1) is 7.75. The average molecular weight is 300 g/mol. The highest BCUT2D eigenvalue weighted by Gasteiger charge is 2.13. The Morgan fingerprint density at radius 2 is 2.06 bits per heavy atom. The highest BCUT2D eigenvalue weighted by molar-refractivity contribution is 9.11. The Balaban J connectivity index is 1.93. The molecule has 1 aromatic rings. The van der Waals surface area contributed by atoms with Crippen molar-refractivity contribution in [3.63, 3.8) is 0 Å². The van der Waals surface area contributed by atoms with Crippen LogP contribution in [0.5, 0.6) is 0 Å². The number of piperidine rings is 1. The number of amides is 1. The molecule has 0 N–H and O–H groups in total. The summed E-state index contributed by atoms with van der Waals surface area (Å²) < 4.78 is 1.09. The third kappa shape index (κ3) is 3.19. The predicted octanol–water partition coefficient (Wildman–Crippen LogP) is 3.54. The van der Waals surface area contributed by atoms with Gasteiger partial charge in [-0.3, -0.25) is 4.79 Å². The summed E-state index contributed by atoms with van der Waals surface area (Å²) in [6.07, 6.45) is 7.12. The van der Waals surface area contributed by atoms with Crippen LogP contribution in [0.1, 0.15) is 24.1 Å². The zero-order chi connectivity index (χ0) is 11.4. The fraction of sp³-hybridized carbons (Fsp3) is 0.417. The third-order valence-electron chi connectivity index (χ3n) is 2.65. The first-order valence-electron chi connectivity index (χ1n) is 5.48. The molecular formula is C12H14BrNOS. The van der Waals surface area contributed by atoms with Crippen LogP contribution >= 0.6 is 27.3 Å². The van der Waals surface area contributed by atoms with Gasteiger partial charge in [0, 0.05) is 24.0 Å². The van der Waals surface area contributed by atoms with Gasteiger partial charge < -0.3 is 4.90 Å². The van der Waals surface area contributed by atoms with Gasteiger partial charge in [0.05, 0.1) is 3.79 Å². The van der Waals surface area contributed by atoms with Gasteiger partial charge in [-0.2, -0.15) is 0 Å². The van der Waals surface area contributed by atoms with Crippen LogP contribution in [0.3, 0.4) is 0 Å². The zero-order valence-corrected chi connectivity index (χ0v) is 11.4. The molecule has 1 aliphatic heterocycles.